The van der Waals surface area contributed by atoms with Gasteiger partial charge in [-0.3, -0.25) is 0 Å². The summed E-state index contributed by atoms with van der Waals surface area (Å²) in [5, 5.41) is 18.9. The fourth-order valence-electron chi connectivity index (χ4n) is 3.67. The minimum Gasteiger partial charge on any atom is -0.396 e. The van der Waals surface area contributed by atoms with Gasteiger partial charge in [-0.15, -0.1) is 0 Å². The van der Waals surface area contributed by atoms with Crippen molar-refractivity contribution in [2.75, 3.05) is 13.2 Å². The van der Waals surface area contributed by atoms with Crippen molar-refractivity contribution in [2.45, 2.75) is 32.6 Å². The highest BCUT2D eigenvalue weighted by molar-refractivity contribution is 5.06. The van der Waals surface area contributed by atoms with E-state index >= 15 is 0 Å². The van der Waals surface area contributed by atoms with Gasteiger partial charge in [0.05, 0.1) is 0 Å². The highest BCUT2D eigenvalue weighted by Crippen LogP contribution is 2.53. The summed E-state index contributed by atoms with van der Waals surface area (Å²) in [6.07, 6.45) is 9.04. The Bertz CT molecular complexity index is 249. The molecule has 2 aliphatic rings. The largest absolute Gasteiger partial charge is 0.396 e. The van der Waals surface area contributed by atoms with Crippen molar-refractivity contribution in [3.05, 3.63) is 12.2 Å². The maximum atomic E-state index is 9.56. The molecule has 2 N–H and O–H groups in total. The molecular weight excluding hydrogens is 188 g/mol. The van der Waals surface area contributed by atoms with Gasteiger partial charge in [-0.05, 0) is 48.9 Å². The van der Waals surface area contributed by atoms with Crippen LogP contribution in [0, 0.1) is 23.2 Å². The van der Waals surface area contributed by atoms with Gasteiger partial charge in [0.2, 0.25) is 0 Å². The topological polar surface area (TPSA) is 40.5 Å². The van der Waals surface area contributed by atoms with Crippen LogP contribution in [0.4, 0.5) is 0 Å². The molecule has 0 aromatic rings. The average molecular weight is 210 g/mol. The molecule has 0 saturated heterocycles. The molecular formula is C13H22O2. The van der Waals surface area contributed by atoms with Crippen LogP contribution in [0.3, 0.4) is 0 Å². The van der Waals surface area contributed by atoms with Crippen LogP contribution in [0.25, 0.3) is 0 Å². The number of aliphatic hydroxyl groups is 2. The quantitative estimate of drug-likeness (QED) is 0.684. The Labute approximate surface area is 92.0 Å². The summed E-state index contributed by atoms with van der Waals surface area (Å²) < 4.78 is 0. The van der Waals surface area contributed by atoms with Gasteiger partial charge in [0, 0.05) is 13.2 Å². The first-order valence-electron chi connectivity index (χ1n) is 6.09. The number of hydrogen-bond acceptors (Lipinski definition) is 2. The van der Waals surface area contributed by atoms with Crippen LogP contribution in [0.5, 0.6) is 0 Å². The minimum atomic E-state index is 0.217. The lowest BCUT2D eigenvalue weighted by molar-refractivity contribution is -0.0520. The van der Waals surface area contributed by atoms with Crippen LogP contribution < -0.4 is 0 Å². The van der Waals surface area contributed by atoms with Crippen molar-refractivity contribution < 1.29 is 10.2 Å². The summed E-state index contributed by atoms with van der Waals surface area (Å²) in [4.78, 5) is 0. The summed E-state index contributed by atoms with van der Waals surface area (Å²) >= 11 is 0. The fourth-order valence-corrected chi connectivity index (χ4v) is 3.67. The van der Waals surface area contributed by atoms with E-state index in [1.54, 1.807) is 0 Å². The molecule has 1 fully saturated rings. The molecule has 2 aliphatic carbocycles. The van der Waals surface area contributed by atoms with E-state index in [1.165, 1.54) is 6.42 Å². The normalized spacial score (nSPS) is 45.1. The third-order valence-corrected chi connectivity index (χ3v) is 4.81. The Balaban J connectivity index is 2.23. The smallest absolute Gasteiger partial charge is 0.0468 e. The van der Waals surface area contributed by atoms with Gasteiger partial charge in [-0.1, -0.05) is 19.1 Å². The van der Waals surface area contributed by atoms with E-state index in [0.717, 1.165) is 19.3 Å². The van der Waals surface area contributed by atoms with Crippen molar-refractivity contribution in [3.63, 3.8) is 0 Å². The van der Waals surface area contributed by atoms with Crippen molar-refractivity contribution in [3.8, 4) is 0 Å². The zero-order chi connectivity index (χ0) is 10.9. The van der Waals surface area contributed by atoms with Crippen molar-refractivity contribution >= 4 is 0 Å². The Kier molecular flexibility index (Phi) is 3.17. The molecule has 0 unspecified atom stereocenters. The number of hydrogen-bond donors (Lipinski definition) is 2. The van der Waals surface area contributed by atoms with Crippen LogP contribution in [0.15, 0.2) is 12.2 Å². The van der Waals surface area contributed by atoms with Crippen LogP contribution in [0.2, 0.25) is 0 Å². The standard InChI is InChI=1S/C13H22O2/c1-13-7-3-2-4-11(13)6-5-10(8-14)12(13)9-15/h2-3,10-12,14-15H,4-9H2,1H3/t10-,11+,12-,13-/m0/s1. The average Bonchev–Trinajstić information content (AvgIpc) is 2.26. The Hall–Kier alpha value is -0.340. The van der Waals surface area contributed by atoms with Crippen LogP contribution in [-0.4, -0.2) is 23.4 Å². The molecule has 0 heterocycles. The Morgan fingerprint density at radius 2 is 2.00 bits per heavy atom. The lowest BCUT2D eigenvalue weighted by Gasteiger charge is -2.51. The van der Waals surface area contributed by atoms with Gasteiger partial charge in [0.1, 0.15) is 0 Å². The summed E-state index contributed by atoms with van der Waals surface area (Å²) in [5.74, 6) is 1.30. The Morgan fingerprint density at radius 1 is 1.20 bits per heavy atom. The zero-order valence-corrected chi connectivity index (χ0v) is 9.52. The first-order chi connectivity index (χ1) is 7.22. The molecule has 2 rings (SSSR count). The maximum absolute atomic E-state index is 9.56. The van der Waals surface area contributed by atoms with Gasteiger partial charge >= 0.3 is 0 Å². The molecule has 0 amide bonds. The fraction of sp³-hybridized carbons (Fsp3) is 0.846. The molecule has 2 nitrogen and oxygen atoms in total. The highest BCUT2D eigenvalue weighted by Gasteiger charge is 2.47. The first kappa shape index (κ1) is 11.2. The number of rotatable bonds is 2. The number of allylic oxidation sites excluding steroid dienone is 2. The second-order valence-electron chi connectivity index (χ2n) is 5.42. The van der Waals surface area contributed by atoms with E-state index in [4.69, 9.17) is 0 Å². The van der Waals surface area contributed by atoms with Crippen molar-refractivity contribution in [2.24, 2.45) is 23.2 Å². The first-order valence-corrected chi connectivity index (χ1v) is 6.09. The lowest BCUT2D eigenvalue weighted by Crippen LogP contribution is -2.47. The van der Waals surface area contributed by atoms with E-state index in [9.17, 15) is 10.2 Å². The van der Waals surface area contributed by atoms with Gasteiger partial charge in [0.25, 0.3) is 0 Å². The van der Waals surface area contributed by atoms with E-state index in [2.05, 4.69) is 19.1 Å². The second-order valence-corrected chi connectivity index (χ2v) is 5.42. The van der Waals surface area contributed by atoms with Gasteiger partial charge in [-0.25, -0.2) is 0 Å². The maximum Gasteiger partial charge on any atom is 0.0468 e. The monoisotopic (exact) mass is 210 g/mol. The summed E-state index contributed by atoms with van der Waals surface area (Å²) in [7, 11) is 0. The van der Waals surface area contributed by atoms with Crippen molar-refractivity contribution in [1.29, 1.82) is 0 Å². The summed E-state index contributed by atoms with van der Waals surface area (Å²) in [6, 6.07) is 0. The molecule has 0 aromatic carbocycles. The van der Waals surface area contributed by atoms with Crippen molar-refractivity contribution in [1.82, 2.24) is 0 Å². The third-order valence-electron chi connectivity index (χ3n) is 4.81. The molecule has 0 aromatic heterocycles. The minimum absolute atomic E-state index is 0.217. The number of fused-ring (bicyclic) bond motifs is 1. The van der Waals surface area contributed by atoms with Crippen LogP contribution in [0.1, 0.15) is 32.6 Å². The Morgan fingerprint density at radius 3 is 2.67 bits per heavy atom. The molecule has 15 heavy (non-hydrogen) atoms. The van der Waals surface area contributed by atoms with Gasteiger partial charge in [-0.2, -0.15) is 0 Å². The molecule has 86 valence electrons. The molecule has 0 spiro atoms. The van der Waals surface area contributed by atoms with E-state index in [0.29, 0.717) is 11.8 Å². The molecule has 0 bridgehead atoms. The van der Waals surface area contributed by atoms with Gasteiger partial charge in [0.15, 0.2) is 0 Å². The predicted molar refractivity (Wildman–Crippen MR) is 60.4 cm³/mol. The lowest BCUT2D eigenvalue weighted by atomic mass is 9.54. The number of aliphatic hydroxyl groups excluding tert-OH is 2. The predicted octanol–water partition coefficient (Wildman–Crippen LogP) is 1.97. The van der Waals surface area contributed by atoms with Crippen LogP contribution >= 0.6 is 0 Å². The zero-order valence-electron chi connectivity index (χ0n) is 9.52. The summed E-state index contributed by atoms with van der Waals surface area (Å²) in [5.41, 5.74) is 0.217. The molecule has 4 atom stereocenters. The highest BCUT2D eigenvalue weighted by atomic mass is 16.3. The second kappa shape index (κ2) is 4.26. The van der Waals surface area contributed by atoms with Gasteiger partial charge < -0.3 is 10.2 Å². The molecule has 2 heteroatoms. The summed E-state index contributed by atoms with van der Waals surface area (Å²) in [6.45, 7) is 2.76. The van der Waals surface area contributed by atoms with E-state index in [1.807, 2.05) is 0 Å². The van der Waals surface area contributed by atoms with E-state index < -0.39 is 0 Å². The molecule has 0 aliphatic heterocycles. The molecule has 0 radical (unpaired) electrons. The SMILES string of the molecule is C[C@]12CC=CC[C@@H]1CC[C@@H](CO)[C@@H]2CO. The van der Waals surface area contributed by atoms with Crippen LogP contribution in [-0.2, 0) is 0 Å². The molecule has 1 saturated carbocycles. The third kappa shape index (κ3) is 1.74. The van der Waals surface area contributed by atoms with E-state index in [-0.39, 0.29) is 24.5 Å².